The van der Waals surface area contributed by atoms with Gasteiger partial charge in [-0.3, -0.25) is 14.4 Å². The number of carbonyl (C=O) groups excluding carboxylic acids is 3. The SMILES string of the molecule is CCNC(=O)[C@@H](C)OC(=O)CSCC(=O)Nc1ccc(F)cc1. The van der Waals surface area contributed by atoms with Crippen molar-refractivity contribution in [1.29, 1.82) is 0 Å². The van der Waals surface area contributed by atoms with Crippen molar-refractivity contribution >= 4 is 35.2 Å². The zero-order valence-electron chi connectivity index (χ0n) is 12.9. The first-order valence-electron chi connectivity index (χ1n) is 7.02. The molecule has 23 heavy (non-hydrogen) atoms. The van der Waals surface area contributed by atoms with Crippen LogP contribution in [-0.2, 0) is 19.1 Å². The molecule has 1 aromatic carbocycles. The normalized spacial score (nSPS) is 11.4. The Balaban J connectivity index is 2.25. The minimum absolute atomic E-state index is 0.0411. The van der Waals surface area contributed by atoms with Crippen molar-refractivity contribution in [1.82, 2.24) is 5.32 Å². The molecule has 0 fully saturated rings. The molecule has 0 aromatic heterocycles. The number of esters is 1. The topological polar surface area (TPSA) is 84.5 Å². The Kier molecular flexibility index (Phi) is 8.10. The lowest BCUT2D eigenvalue weighted by Gasteiger charge is -2.12. The smallest absolute Gasteiger partial charge is 0.316 e. The Hall–Kier alpha value is -2.09. The van der Waals surface area contributed by atoms with Gasteiger partial charge in [0.1, 0.15) is 5.82 Å². The maximum Gasteiger partial charge on any atom is 0.316 e. The fourth-order valence-corrected chi connectivity index (χ4v) is 2.15. The van der Waals surface area contributed by atoms with Crippen LogP contribution in [0.15, 0.2) is 24.3 Å². The average Bonchev–Trinajstić information content (AvgIpc) is 2.49. The van der Waals surface area contributed by atoms with Gasteiger partial charge in [0.15, 0.2) is 6.10 Å². The zero-order valence-corrected chi connectivity index (χ0v) is 13.7. The van der Waals surface area contributed by atoms with Crippen molar-refractivity contribution in [3.63, 3.8) is 0 Å². The number of benzene rings is 1. The van der Waals surface area contributed by atoms with Crippen LogP contribution in [0, 0.1) is 5.82 Å². The molecule has 0 aliphatic heterocycles. The minimum atomic E-state index is -0.865. The molecule has 1 rings (SSSR count). The number of hydrogen-bond donors (Lipinski definition) is 2. The summed E-state index contributed by atoms with van der Waals surface area (Å²) in [5, 5.41) is 5.12. The van der Waals surface area contributed by atoms with E-state index in [2.05, 4.69) is 10.6 Å². The lowest BCUT2D eigenvalue weighted by molar-refractivity contribution is -0.152. The summed E-state index contributed by atoms with van der Waals surface area (Å²) >= 11 is 1.07. The van der Waals surface area contributed by atoms with Crippen molar-refractivity contribution in [3.05, 3.63) is 30.1 Å². The van der Waals surface area contributed by atoms with Crippen molar-refractivity contribution in [2.45, 2.75) is 20.0 Å². The predicted octanol–water partition coefficient (Wildman–Crippen LogP) is 1.57. The highest BCUT2D eigenvalue weighted by atomic mass is 32.2. The van der Waals surface area contributed by atoms with Crippen LogP contribution < -0.4 is 10.6 Å². The van der Waals surface area contributed by atoms with Crippen LogP contribution in [-0.4, -0.2) is 41.9 Å². The highest BCUT2D eigenvalue weighted by Gasteiger charge is 2.17. The number of nitrogens with one attached hydrogen (secondary N) is 2. The van der Waals surface area contributed by atoms with Gasteiger partial charge in [0.05, 0.1) is 11.5 Å². The fraction of sp³-hybridized carbons (Fsp3) is 0.400. The Morgan fingerprint density at radius 1 is 1.22 bits per heavy atom. The van der Waals surface area contributed by atoms with Crippen molar-refractivity contribution in [2.75, 3.05) is 23.4 Å². The van der Waals surface area contributed by atoms with E-state index in [1.54, 1.807) is 6.92 Å². The summed E-state index contributed by atoms with van der Waals surface area (Å²) in [5.74, 6) is -1.63. The fourth-order valence-electron chi connectivity index (χ4n) is 1.56. The molecule has 0 bridgehead atoms. The van der Waals surface area contributed by atoms with Gasteiger partial charge < -0.3 is 15.4 Å². The van der Waals surface area contributed by atoms with Crippen LogP contribution in [0.1, 0.15) is 13.8 Å². The molecule has 1 atom stereocenters. The van der Waals surface area contributed by atoms with Gasteiger partial charge in [-0.05, 0) is 38.1 Å². The van der Waals surface area contributed by atoms with Crippen LogP contribution in [0.25, 0.3) is 0 Å². The summed E-state index contributed by atoms with van der Waals surface area (Å²) in [6.07, 6.45) is -0.865. The summed E-state index contributed by atoms with van der Waals surface area (Å²) in [6, 6.07) is 5.37. The van der Waals surface area contributed by atoms with Gasteiger partial charge in [0.2, 0.25) is 5.91 Å². The van der Waals surface area contributed by atoms with E-state index in [1.165, 1.54) is 31.2 Å². The molecule has 6 nitrogen and oxygen atoms in total. The number of likely N-dealkylation sites (N-methyl/N-ethyl adjacent to an activating group) is 1. The largest absolute Gasteiger partial charge is 0.452 e. The minimum Gasteiger partial charge on any atom is -0.452 e. The Labute approximate surface area is 138 Å². The van der Waals surface area contributed by atoms with Crippen LogP contribution >= 0.6 is 11.8 Å². The van der Waals surface area contributed by atoms with Crippen molar-refractivity contribution in [3.8, 4) is 0 Å². The number of ether oxygens (including phenoxy) is 1. The third kappa shape index (κ3) is 7.64. The van der Waals surface area contributed by atoms with E-state index in [0.717, 1.165) is 11.8 Å². The molecular formula is C15H19FN2O4S. The van der Waals surface area contributed by atoms with Crippen molar-refractivity contribution in [2.24, 2.45) is 0 Å². The molecule has 0 unspecified atom stereocenters. The maximum atomic E-state index is 12.7. The van der Waals surface area contributed by atoms with Crippen LogP contribution in [0.5, 0.6) is 0 Å². The zero-order chi connectivity index (χ0) is 17.2. The number of halogens is 1. The molecule has 0 saturated heterocycles. The first-order chi connectivity index (χ1) is 10.9. The monoisotopic (exact) mass is 342 g/mol. The van der Waals surface area contributed by atoms with Gasteiger partial charge in [0, 0.05) is 12.2 Å². The summed E-state index contributed by atoms with van der Waals surface area (Å²) in [5.41, 5.74) is 0.476. The summed E-state index contributed by atoms with van der Waals surface area (Å²) in [6.45, 7) is 3.70. The number of anilines is 1. The predicted molar refractivity (Wildman–Crippen MR) is 86.6 cm³/mol. The highest BCUT2D eigenvalue weighted by Crippen LogP contribution is 2.10. The van der Waals surface area contributed by atoms with E-state index >= 15 is 0 Å². The number of amides is 2. The van der Waals surface area contributed by atoms with Gasteiger partial charge in [-0.25, -0.2) is 4.39 Å². The van der Waals surface area contributed by atoms with E-state index < -0.39 is 12.1 Å². The summed E-state index contributed by atoms with van der Waals surface area (Å²) < 4.78 is 17.7. The lowest BCUT2D eigenvalue weighted by Crippen LogP contribution is -2.36. The second-order valence-electron chi connectivity index (χ2n) is 4.57. The molecule has 0 aliphatic rings. The van der Waals surface area contributed by atoms with E-state index in [0.29, 0.717) is 12.2 Å². The molecule has 8 heteroatoms. The second kappa shape index (κ2) is 9.83. The first kappa shape index (κ1) is 19.0. The summed E-state index contributed by atoms with van der Waals surface area (Å²) in [4.78, 5) is 34.6. The third-order valence-electron chi connectivity index (χ3n) is 2.61. The van der Waals surface area contributed by atoms with Gasteiger partial charge >= 0.3 is 5.97 Å². The maximum absolute atomic E-state index is 12.7. The Morgan fingerprint density at radius 2 is 1.87 bits per heavy atom. The molecule has 0 spiro atoms. The van der Waals surface area contributed by atoms with Crippen LogP contribution in [0.2, 0.25) is 0 Å². The molecule has 0 saturated carbocycles. The van der Waals surface area contributed by atoms with Gasteiger partial charge in [0.25, 0.3) is 5.91 Å². The molecule has 0 aliphatic carbocycles. The molecule has 1 aromatic rings. The molecular weight excluding hydrogens is 323 g/mol. The Bertz CT molecular complexity index is 551. The standard InChI is InChI=1S/C15H19FN2O4S/c1-3-17-15(21)10(2)22-14(20)9-23-8-13(19)18-12-6-4-11(16)5-7-12/h4-7,10H,3,8-9H2,1-2H3,(H,17,21)(H,18,19)/t10-/m1/s1. The molecule has 0 heterocycles. The number of carbonyl (C=O) groups is 3. The number of thioether (sulfide) groups is 1. The molecule has 126 valence electrons. The number of rotatable bonds is 8. The summed E-state index contributed by atoms with van der Waals surface area (Å²) in [7, 11) is 0. The van der Waals surface area contributed by atoms with Crippen LogP contribution in [0.3, 0.4) is 0 Å². The van der Waals surface area contributed by atoms with E-state index in [4.69, 9.17) is 4.74 Å². The second-order valence-corrected chi connectivity index (χ2v) is 5.56. The van der Waals surface area contributed by atoms with Crippen LogP contribution in [0.4, 0.5) is 10.1 Å². The lowest BCUT2D eigenvalue weighted by atomic mass is 10.3. The van der Waals surface area contributed by atoms with Gasteiger partial charge in [-0.2, -0.15) is 0 Å². The van der Waals surface area contributed by atoms with E-state index in [1.807, 2.05) is 0 Å². The Morgan fingerprint density at radius 3 is 2.48 bits per heavy atom. The molecule has 2 amide bonds. The number of hydrogen-bond acceptors (Lipinski definition) is 5. The van der Waals surface area contributed by atoms with E-state index in [-0.39, 0.29) is 29.1 Å². The molecule has 2 N–H and O–H groups in total. The quantitative estimate of drug-likeness (QED) is 0.701. The molecule has 0 radical (unpaired) electrons. The highest BCUT2D eigenvalue weighted by molar-refractivity contribution is 8.00. The average molecular weight is 342 g/mol. The first-order valence-corrected chi connectivity index (χ1v) is 8.18. The van der Waals surface area contributed by atoms with Crippen molar-refractivity contribution < 1.29 is 23.5 Å². The van der Waals surface area contributed by atoms with Gasteiger partial charge in [-0.1, -0.05) is 0 Å². The van der Waals surface area contributed by atoms with Gasteiger partial charge in [-0.15, -0.1) is 11.8 Å². The van der Waals surface area contributed by atoms with E-state index in [9.17, 15) is 18.8 Å². The third-order valence-corrected chi connectivity index (χ3v) is 3.52.